The first-order valence-corrected chi connectivity index (χ1v) is 10.3. The van der Waals surface area contributed by atoms with E-state index in [0.717, 1.165) is 10.1 Å². The number of ether oxygens (including phenoxy) is 1. The van der Waals surface area contributed by atoms with Gasteiger partial charge in [-0.05, 0) is 37.1 Å². The van der Waals surface area contributed by atoms with Crippen LogP contribution >= 0.6 is 0 Å². The third-order valence-corrected chi connectivity index (χ3v) is 5.24. The van der Waals surface area contributed by atoms with Crippen LogP contribution in [-0.4, -0.2) is 35.4 Å². The predicted molar refractivity (Wildman–Crippen MR) is 120 cm³/mol. The zero-order chi connectivity index (χ0) is 23.5. The molecule has 3 aromatic heterocycles. The number of para-hydroxylation sites is 1. The first-order valence-electron chi connectivity index (χ1n) is 10.3. The minimum atomic E-state index is -0.539. The van der Waals surface area contributed by atoms with Gasteiger partial charge in [0.25, 0.3) is 5.56 Å². The largest absolute Gasteiger partial charge is 0.424 e. The van der Waals surface area contributed by atoms with E-state index < -0.39 is 11.2 Å². The number of hydrogen-bond donors (Lipinski definition) is 1. The van der Waals surface area contributed by atoms with E-state index in [2.05, 4.69) is 16.0 Å². The van der Waals surface area contributed by atoms with Crippen LogP contribution in [-0.2, 0) is 20.1 Å². The molecule has 0 spiro atoms. The van der Waals surface area contributed by atoms with Crippen molar-refractivity contribution in [3.63, 3.8) is 0 Å². The molecule has 10 nitrogen and oxygen atoms in total. The normalized spacial score (nSPS) is 11.0. The molecule has 1 aromatic carbocycles. The Morgan fingerprint density at radius 1 is 1.15 bits per heavy atom. The van der Waals surface area contributed by atoms with Crippen molar-refractivity contribution in [3.05, 3.63) is 80.3 Å². The molecule has 3 heterocycles. The summed E-state index contributed by atoms with van der Waals surface area (Å²) in [5.74, 6) is 0.277. The fourth-order valence-electron chi connectivity index (χ4n) is 3.50. The Kier molecular flexibility index (Phi) is 6.06. The molecule has 0 aliphatic carbocycles. The molecule has 0 unspecified atom stereocenters. The summed E-state index contributed by atoms with van der Waals surface area (Å²) in [5.41, 5.74) is 1.20. The van der Waals surface area contributed by atoms with Crippen LogP contribution in [0.4, 0.5) is 0 Å². The maximum Gasteiger partial charge on any atom is 0.332 e. The van der Waals surface area contributed by atoms with E-state index in [-0.39, 0.29) is 49.0 Å². The summed E-state index contributed by atoms with van der Waals surface area (Å²) in [5, 5.41) is 18.6. The van der Waals surface area contributed by atoms with Gasteiger partial charge in [-0.2, -0.15) is 10.2 Å². The van der Waals surface area contributed by atoms with Crippen molar-refractivity contribution in [1.29, 1.82) is 5.26 Å². The fourth-order valence-corrected chi connectivity index (χ4v) is 3.50. The number of aliphatic hydroxyl groups is 1. The molecule has 0 saturated heterocycles. The third-order valence-electron chi connectivity index (χ3n) is 5.24. The monoisotopic (exact) mass is 446 g/mol. The lowest BCUT2D eigenvalue weighted by molar-refractivity contribution is 0.277. The van der Waals surface area contributed by atoms with Crippen LogP contribution in [0.1, 0.15) is 23.2 Å². The van der Waals surface area contributed by atoms with Gasteiger partial charge in [0.05, 0.1) is 17.8 Å². The first-order chi connectivity index (χ1) is 15.9. The van der Waals surface area contributed by atoms with Gasteiger partial charge >= 0.3 is 11.7 Å². The Labute approximate surface area is 188 Å². The Hall–Kier alpha value is -4.23. The van der Waals surface area contributed by atoms with Gasteiger partial charge in [0.15, 0.2) is 11.2 Å². The SMILES string of the molecule is Cc1ccc(Cn2c(Oc3ccccc3C#N)nc3c2c(=O)n(CCCO)c(=O)n3C)nc1. The summed E-state index contributed by atoms with van der Waals surface area (Å²) in [6.45, 7) is 2.00. The molecule has 0 atom stereocenters. The molecule has 0 amide bonds. The quantitative estimate of drug-likeness (QED) is 0.457. The number of aryl methyl sites for hydroxylation is 2. The van der Waals surface area contributed by atoms with Crippen LogP contribution in [0, 0.1) is 18.3 Å². The van der Waals surface area contributed by atoms with Gasteiger partial charge < -0.3 is 9.84 Å². The summed E-state index contributed by atoms with van der Waals surface area (Å²) < 4.78 is 9.89. The lowest BCUT2D eigenvalue weighted by atomic mass is 10.2. The molecule has 0 fully saturated rings. The van der Waals surface area contributed by atoms with Gasteiger partial charge in [-0.15, -0.1) is 0 Å². The number of nitriles is 1. The van der Waals surface area contributed by atoms with E-state index in [1.807, 2.05) is 19.1 Å². The van der Waals surface area contributed by atoms with Crippen LogP contribution in [0.15, 0.2) is 52.2 Å². The van der Waals surface area contributed by atoms with E-state index in [1.54, 1.807) is 35.0 Å². The standard InChI is InChI=1S/C23H22N6O4/c1-15-8-9-17(25-13-15)14-29-19-20(27(2)23(32)28(21(19)31)10-5-11-30)26-22(29)33-18-7-4-3-6-16(18)12-24/h3-4,6-9,13,30H,5,10-11,14H2,1-2H3. The molecular weight excluding hydrogens is 424 g/mol. The summed E-state index contributed by atoms with van der Waals surface area (Å²) in [6.07, 6.45) is 1.97. The zero-order valence-electron chi connectivity index (χ0n) is 18.2. The van der Waals surface area contributed by atoms with E-state index >= 15 is 0 Å². The highest BCUT2D eigenvalue weighted by atomic mass is 16.5. The Morgan fingerprint density at radius 3 is 2.64 bits per heavy atom. The molecule has 0 radical (unpaired) electrons. The Balaban J connectivity index is 1.96. The first kappa shape index (κ1) is 22.0. The maximum absolute atomic E-state index is 13.3. The van der Waals surface area contributed by atoms with Crippen LogP contribution in [0.5, 0.6) is 11.8 Å². The molecular formula is C23H22N6O4. The predicted octanol–water partition coefficient (Wildman–Crippen LogP) is 1.69. The highest BCUT2D eigenvalue weighted by Gasteiger charge is 2.22. The molecule has 10 heteroatoms. The van der Waals surface area contributed by atoms with Gasteiger partial charge in [0.1, 0.15) is 11.8 Å². The smallest absolute Gasteiger partial charge is 0.332 e. The molecule has 4 rings (SSSR count). The van der Waals surface area contributed by atoms with Crippen molar-refractivity contribution in [2.24, 2.45) is 7.05 Å². The number of aliphatic hydroxyl groups excluding tert-OH is 1. The fraction of sp³-hybridized carbons (Fsp3) is 0.261. The van der Waals surface area contributed by atoms with Crippen LogP contribution < -0.4 is 16.0 Å². The van der Waals surface area contributed by atoms with E-state index in [1.165, 1.54) is 11.6 Å². The second kappa shape index (κ2) is 9.10. The summed E-state index contributed by atoms with van der Waals surface area (Å²) in [6, 6.07) is 12.5. The highest BCUT2D eigenvalue weighted by Crippen LogP contribution is 2.27. The highest BCUT2D eigenvalue weighted by molar-refractivity contribution is 5.72. The van der Waals surface area contributed by atoms with Crippen LogP contribution in [0.3, 0.4) is 0 Å². The molecule has 1 N–H and O–H groups in total. The number of nitrogens with zero attached hydrogens (tertiary/aromatic N) is 6. The lowest BCUT2D eigenvalue weighted by Crippen LogP contribution is -2.39. The molecule has 0 saturated carbocycles. The minimum absolute atomic E-state index is 0.0575. The Bertz CT molecular complexity index is 1470. The van der Waals surface area contributed by atoms with Crippen molar-refractivity contribution < 1.29 is 9.84 Å². The van der Waals surface area contributed by atoms with Gasteiger partial charge in [-0.3, -0.25) is 23.5 Å². The van der Waals surface area contributed by atoms with Gasteiger partial charge in [-0.1, -0.05) is 18.2 Å². The number of imidazole rings is 1. The van der Waals surface area contributed by atoms with Crippen molar-refractivity contribution in [1.82, 2.24) is 23.7 Å². The van der Waals surface area contributed by atoms with Crippen LogP contribution in [0.2, 0.25) is 0 Å². The molecule has 168 valence electrons. The average Bonchev–Trinajstić information content (AvgIpc) is 3.17. The number of aromatic nitrogens is 5. The summed E-state index contributed by atoms with van der Waals surface area (Å²) >= 11 is 0. The second-order valence-electron chi connectivity index (χ2n) is 7.57. The number of hydrogen-bond acceptors (Lipinski definition) is 7. The molecule has 0 bridgehead atoms. The minimum Gasteiger partial charge on any atom is -0.424 e. The van der Waals surface area contributed by atoms with Crippen molar-refractivity contribution in [2.45, 2.75) is 26.4 Å². The number of benzene rings is 1. The van der Waals surface area contributed by atoms with E-state index in [4.69, 9.17) is 4.74 Å². The van der Waals surface area contributed by atoms with Gasteiger partial charge in [-0.25, -0.2) is 4.79 Å². The number of pyridine rings is 1. The molecule has 33 heavy (non-hydrogen) atoms. The molecule has 0 aliphatic heterocycles. The number of rotatable bonds is 7. The number of fused-ring (bicyclic) bond motifs is 1. The summed E-state index contributed by atoms with van der Waals surface area (Å²) in [4.78, 5) is 35.0. The average molecular weight is 446 g/mol. The topological polar surface area (TPSA) is 128 Å². The third kappa shape index (κ3) is 4.14. The molecule has 4 aromatic rings. The van der Waals surface area contributed by atoms with Crippen molar-refractivity contribution in [3.8, 4) is 17.8 Å². The van der Waals surface area contributed by atoms with E-state index in [9.17, 15) is 20.0 Å². The van der Waals surface area contributed by atoms with Crippen LogP contribution in [0.25, 0.3) is 11.2 Å². The second-order valence-corrected chi connectivity index (χ2v) is 7.57. The van der Waals surface area contributed by atoms with Gasteiger partial charge in [0, 0.05) is 26.4 Å². The Morgan fingerprint density at radius 2 is 1.94 bits per heavy atom. The van der Waals surface area contributed by atoms with Gasteiger partial charge in [0.2, 0.25) is 0 Å². The summed E-state index contributed by atoms with van der Waals surface area (Å²) in [7, 11) is 1.52. The van der Waals surface area contributed by atoms with Crippen molar-refractivity contribution >= 4 is 11.2 Å². The molecule has 0 aliphatic rings. The lowest BCUT2D eigenvalue weighted by Gasteiger charge is -2.11. The maximum atomic E-state index is 13.3. The zero-order valence-corrected chi connectivity index (χ0v) is 18.2. The van der Waals surface area contributed by atoms with Crippen molar-refractivity contribution in [2.75, 3.05) is 6.61 Å². The van der Waals surface area contributed by atoms with E-state index in [0.29, 0.717) is 11.3 Å².